The summed E-state index contributed by atoms with van der Waals surface area (Å²) in [5.41, 5.74) is 0.658. The third kappa shape index (κ3) is 1.86. The van der Waals surface area contributed by atoms with Gasteiger partial charge in [-0.3, -0.25) is 9.89 Å². The van der Waals surface area contributed by atoms with Crippen LogP contribution in [0.15, 0.2) is 23.0 Å². The van der Waals surface area contributed by atoms with Crippen molar-refractivity contribution in [2.45, 2.75) is 18.8 Å². The minimum absolute atomic E-state index is 0.0505. The van der Waals surface area contributed by atoms with Gasteiger partial charge < -0.3 is 4.90 Å². The van der Waals surface area contributed by atoms with Crippen LogP contribution < -0.4 is 5.56 Å². The number of nitrogens with one attached hydrogen (secondary N) is 1. The van der Waals surface area contributed by atoms with Gasteiger partial charge in [-0.15, -0.1) is 0 Å². The first kappa shape index (κ1) is 10.5. The monoisotopic (exact) mass is 232 g/mol. The molecule has 0 spiro atoms. The van der Waals surface area contributed by atoms with E-state index in [4.69, 9.17) is 0 Å². The second-order valence-corrected chi connectivity index (χ2v) is 4.77. The zero-order valence-electron chi connectivity index (χ0n) is 9.89. The van der Waals surface area contributed by atoms with Gasteiger partial charge >= 0.3 is 0 Å². The number of hydrogen-bond acceptors (Lipinski definition) is 3. The molecular weight excluding hydrogens is 216 g/mol. The molecule has 3 rings (SSSR count). The summed E-state index contributed by atoms with van der Waals surface area (Å²) in [6.45, 7) is 2.16. The SMILES string of the molecule is CN1CCCC(c2nc3cccc(=O)n3[nH]2)C1. The molecule has 0 bridgehead atoms. The van der Waals surface area contributed by atoms with Crippen molar-refractivity contribution in [1.29, 1.82) is 0 Å². The fourth-order valence-corrected chi connectivity index (χ4v) is 2.51. The Hall–Kier alpha value is -1.62. The van der Waals surface area contributed by atoms with Gasteiger partial charge in [0.05, 0.1) is 0 Å². The summed E-state index contributed by atoms with van der Waals surface area (Å²) in [4.78, 5) is 18.4. The van der Waals surface area contributed by atoms with Gasteiger partial charge in [-0.05, 0) is 32.5 Å². The Labute approximate surface area is 99.1 Å². The van der Waals surface area contributed by atoms with E-state index in [0.717, 1.165) is 25.3 Å². The number of piperidine rings is 1. The Balaban J connectivity index is 2.00. The number of hydrogen-bond donors (Lipinski definition) is 1. The van der Waals surface area contributed by atoms with E-state index in [2.05, 4.69) is 22.0 Å². The maximum atomic E-state index is 11.6. The van der Waals surface area contributed by atoms with Crippen LogP contribution in [-0.4, -0.2) is 39.6 Å². The first-order valence-corrected chi connectivity index (χ1v) is 6.00. The number of pyridine rings is 1. The van der Waals surface area contributed by atoms with E-state index >= 15 is 0 Å². The number of H-pyrrole nitrogens is 1. The Bertz CT molecular complexity index is 585. The Kier molecular flexibility index (Phi) is 2.48. The van der Waals surface area contributed by atoms with Crippen LogP contribution in [0.1, 0.15) is 24.6 Å². The van der Waals surface area contributed by atoms with Gasteiger partial charge in [-0.25, -0.2) is 9.50 Å². The molecule has 0 amide bonds. The average molecular weight is 232 g/mol. The molecule has 5 nitrogen and oxygen atoms in total. The van der Waals surface area contributed by atoms with E-state index in [1.807, 2.05) is 6.07 Å². The highest BCUT2D eigenvalue weighted by Crippen LogP contribution is 2.23. The zero-order chi connectivity index (χ0) is 11.8. The smallest absolute Gasteiger partial charge is 0.271 e. The molecule has 1 fully saturated rings. The minimum atomic E-state index is -0.0505. The highest BCUT2D eigenvalue weighted by molar-refractivity contribution is 5.36. The number of likely N-dealkylation sites (tertiary alicyclic amines) is 1. The zero-order valence-corrected chi connectivity index (χ0v) is 9.89. The van der Waals surface area contributed by atoms with Crippen molar-refractivity contribution < 1.29 is 0 Å². The lowest BCUT2D eigenvalue weighted by Gasteiger charge is -2.28. The quantitative estimate of drug-likeness (QED) is 0.792. The summed E-state index contributed by atoms with van der Waals surface area (Å²) in [7, 11) is 2.13. The first-order valence-electron chi connectivity index (χ1n) is 6.00. The molecule has 2 aromatic heterocycles. The second kappa shape index (κ2) is 4.00. The van der Waals surface area contributed by atoms with E-state index in [0.29, 0.717) is 11.6 Å². The molecule has 1 unspecified atom stereocenters. The normalized spacial score (nSPS) is 22.1. The Morgan fingerprint density at radius 2 is 2.35 bits per heavy atom. The molecule has 2 aromatic rings. The average Bonchev–Trinajstić information content (AvgIpc) is 2.74. The Morgan fingerprint density at radius 3 is 3.12 bits per heavy atom. The lowest BCUT2D eigenvalue weighted by Crippen LogP contribution is -2.31. The fraction of sp³-hybridized carbons (Fsp3) is 0.500. The largest absolute Gasteiger partial charge is 0.306 e. The molecule has 1 aliphatic rings. The van der Waals surface area contributed by atoms with Crippen LogP contribution in [0.2, 0.25) is 0 Å². The standard InChI is InChI=1S/C12H16N4O/c1-15-7-3-4-9(8-15)12-13-10-5-2-6-11(17)16(10)14-12/h2,5-6,9H,3-4,7-8H2,1H3,(H,13,14). The van der Waals surface area contributed by atoms with E-state index < -0.39 is 0 Å². The lowest BCUT2D eigenvalue weighted by atomic mass is 9.98. The highest BCUT2D eigenvalue weighted by atomic mass is 16.1. The van der Waals surface area contributed by atoms with E-state index in [1.165, 1.54) is 10.9 Å². The third-order valence-corrected chi connectivity index (χ3v) is 3.41. The summed E-state index contributed by atoms with van der Waals surface area (Å²) >= 11 is 0. The van der Waals surface area contributed by atoms with Gasteiger partial charge in [0.25, 0.3) is 5.56 Å². The summed E-state index contributed by atoms with van der Waals surface area (Å²) in [5, 5.41) is 3.12. The number of rotatable bonds is 1. The van der Waals surface area contributed by atoms with Gasteiger partial charge in [0.1, 0.15) is 5.82 Å². The van der Waals surface area contributed by atoms with E-state index in [1.54, 1.807) is 12.1 Å². The first-order chi connectivity index (χ1) is 8.24. The van der Waals surface area contributed by atoms with Gasteiger partial charge in [-0.1, -0.05) is 6.07 Å². The summed E-state index contributed by atoms with van der Waals surface area (Å²) in [5.74, 6) is 1.34. The molecule has 1 saturated heterocycles. The van der Waals surface area contributed by atoms with Crippen LogP contribution >= 0.6 is 0 Å². The molecule has 3 heterocycles. The summed E-state index contributed by atoms with van der Waals surface area (Å²) < 4.78 is 1.52. The minimum Gasteiger partial charge on any atom is -0.306 e. The number of aromatic nitrogens is 3. The molecule has 0 saturated carbocycles. The lowest BCUT2D eigenvalue weighted by molar-refractivity contribution is 0.246. The van der Waals surface area contributed by atoms with E-state index in [9.17, 15) is 4.79 Å². The van der Waals surface area contributed by atoms with E-state index in [-0.39, 0.29) is 5.56 Å². The summed E-state index contributed by atoms with van der Waals surface area (Å²) in [6.07, 6.45) is 2.33. The van der Waals surface area contributed by atoms with Crippen molar-refractivity contribution >= 4 is 5.65 Å². The van der Waals surface area contributed by atoms with Crippen LogP contribution in [0.4, 0.5) is 0 Å². The molecule has 1 atom stereocenters. The van der Waals surface area contributed by atoms with Gasteiger partial charge in [-0.2, -0.15) is 0 Å². The van der Waals surface area contributed by atoms with Gasteiger partial charge in [0.2, 0.25) is 0 Å². The highest BCUT2D eigenvalue weighted by Gasteiger charge is 2.21. The second-order valence-electron chi connectivity index (χ2n) is 4.77. The predicted octanol–water partition coefficient (Wildman–Crippen LogP) is 0.832. The molecule has 1 aliphatic heterocycles. The molecule has 17 heavy (non-hydrogen) atoms. The molecule has 0 radical (unpaired) electrons. The van der Waals surface area contributed by atoms with Crippen molar-refractivity contribution in [2.24, 2.45) is 0 Å². The molecular formula is C12H16N4O. The van der Waals surface area contributed by atoms with Crippen molar-refractivity contribution in [3.8, 4) is 0 Å². The molecule has 0 aromatic carbocycles. The topological polar surface area (TPSA) is 53.4 Å². The van der Waals surface area contributed by atoms with Crippen molar-refractivity contribution in [1.82, 2.24) is 19.5 Å². The maximum absolute atomic E-state index is 11.6. The van der Waals surface area contributed by atoms with Crippen LogP contribution in [-0.2, 0) is 0 Å². The van der Waals surface area contributed by atoms with Gasteiger partial charge in [0, 0.05) is 18.5 Å². The molecule has 90 valence electrons. The Morgan fingerprint density at radius 1 is 1.47 bits per heavy atom. The van der Waals surface area contributed by atoms with Crippen LogP contribution in [0, 0.1) is 0 Å². The number of likely N-dealkylation sites (N-methyl/N-ethyl adjacent to an activating group) is 1. The van der Waals surface area contributed by atoms with Crippen LogP contribution in [0.3, 0.4) is 0 Å². The van der Waals surface area contributed by atoms with Gasteiger partial charge in [0.15, 0.2) is 5.65 Å². The molecule has 5 heteroatoms. The number of aromatic amines is 1. The van der Waals surface area contributed by atoms with Crippen molar-refractivity contribution in [3.63, 3.8) is 0 Å². The molecule has 1 N–H and O–H groups in total. The van der Waals surface area contributed by atoms with Crippen LogP contribution in [0.5, 0.6) is 0 Å². The number of nitrogens with zero attached hydrogens (tertiary/aromatic N) is 3. The summed E-state index contributed by atoms with van der Waals surface area (Å²) in [6, 6.07) is 5.14. The van der Waals surface area contributed by atoms with Crippen molar-refractivity contribution in [2.75, 3.05) is 20.1 Å². The molecule has 0 aliphatic carbocycles. The maximum Gasteiger partial charge on any atom is 0.271 e. The predicted molar refractivity (Wildman–Crippen MR) is 65.3 cm³/mol. The number of fused-ring (bicyclic) bond motifs is 1. The van der Waals surface area contributed by atoms with Crippen molar-refractivity contribution in [3.05, 3.63) is 34.4 Å². The third-order valence-electron chi connectivity index (χ3n) is 3.41. The fourth-order valence-electron chi connectivity index (χ4n) is 2.51. The van der Waals surface area contributed by atoms with Crippen LogP contribution in [0.25, 0.3) is 5.65 Å².